The Kier molecular flexibility index (Phi) is 7.13. The number of benzene rings is 2. The number of hydrogen-bond donors (Lipinski definition) is 0. The number of carbonyl (C=O) groups excluding carboxylic acids is 1. The van der Waals surface area contributed by atoms with Crippen LogP contribution in [0.15, 0.2) is 71.3 Å². The molecule has 28 heavy (non-hydrogen) atoms. The highest BCUT2D eigenvalue weighted by molar-refractivity contribution is 5.91. The highest BCUT2D eigenvalue weighted by Gasteiger charge is 2.14. The molecule has 0 radical (unpaired) electrons. The van der Waals surface area contributed by atoms with Crippen LogP contribution in [0.3, 0.4) is 0 Å². The quantitative estimate of drug-likeness (QED) is 0.512. The molecular weight excluding hydrogens is 350 g/mol. The number of aromatic nitrogens is 2. The molecule has 0 bridgehead atoms. The zero-order chi connectivity index (χ0) is 19.6. The molecule has 0 aliphatic carbocycles. The minimum absolute atomic E-state index is 0.0000937. The Bertz CT molecular complexity index is 888. The van der Waals surface area contributed by atoms with Gasteiger partial charge in [0, 0.05) is 31.1 Å². The molecule has 144 valence electrons. The summed E-state index contributed by atoms with van der Waals surface area (Å²) >= 11 is 0. The molecule has 0 aliphatic rings. The predicted molar refractivity (Wildman–Crippen MR) is 110 cm³/mol. The Morgan fingerprint density at radius 2 is 1.75 bits per heavy atom. The van der Waals surface area contributed by atoms with Gasteiger partial charge in [-0.15, -0.1) is 0 Å². The molecule has 1 amide bonds. The van der Waals surface area contributed by atoms with Crippen LogP contribution >= 0.6 is 0 Å². The van der Waals surface area contributed by atoms with Gasteiger partial charge in [0.05, 0.1) is 0 Å². The Balaban J connectivity index is 1.61. The topological polar surface area (TPSA) is 59.2 Å². The fourth-order valence-corrected chi connectivity index (χ4v) is 2.81. The number of hydrogen-bond acceptors (Lipinski definition) is 4. The van der Waals surface area contributed by atoms with Crippen LogP contribution in [0.2, 0.25) is 0 Å². The minimum atomic E-state index is 0.0000937. The van der Waals surface area contributed by atoms with Gasteiger partial charge in [0.15, 0.2) is 0 Å². The van der Waals surface area contributed by atoms with E-state index in [9.17, 15) is 4.79 Å². The molecule has 0 saturated heterocycles. The van der Waals surface area contributed by atoms with Crippen LogP contribution < -0.4 is 0 Å². The number of carbonyl (C=O) groups is 1. The molecule has 5 heteroatoms. The number of amides is 1. The second-order valence-corrected chi connectivity index (χ2v) is 6.55. The van der Waals surface area contributed by atoms with E-state index in [1.54, 1.807) is 6.08 Å². The van der Waals surface area contributed by atoms with Gasteiger partial charge < -0.3 is 9.42 Å². The maximum Gasteiger partial charge on any atom is 0.246 e. The summed E-state index contributed by atoms with van der Waals surface area (Å²) in [5.74, 6) is 1.12. The Morgan fingerprint density at radius 3 is 2.46 bits per heavy atom. The summed E-state index contributed by atoms with van der Waals surface area (Å²) in [5.41, 5.74) is 1.93. The SMILES string of the molecule is CCCCN(CCc1nc(-c2ccccc2)no1)C(=O)/C=C/c1ccccc1. The fourth-order valence-electron chi connectivity index (χ4n) is 2.81. The van der Waals surface area contributed by atoms with E-state index in [4.69, 9.17) is 4.52 Å². The molecule has 0 fully saturated rings. The van der Waals surface area contributed by atoms with Crippen LogP contribution in [0, 0.1) is 0 Å². The lowest BCUT2D eigenvalue weighted by molar-refractivity contribution is -0.126. The summed E-state index contributed by atoms with van der Waals surface area (Å²) in [6, 6.07) is 19.5. The highest BCUT2D eigenvalue weighted by atomic mass is 16.5. The lowest BCUT2D eigenvalue weighted by atomic mass is 10.2. The average molecular weight is 375 g/mol. The van der Waals surface area contributed by atoms with Crippen molar-refractivity contribution in [2.45, 2.75) is 26.2 Å². The lowest BCUT2D eigenvalue weighted by Crippen LogP contribution is -2.32. The monoisotopic (exact) mass is 375 g/mol. The third-order valence-corrected chi connectivity index (χ3v) is 4.41. The van der Waals surface area contributed by atoms with Crippen molar-refractivity contribution in [3.8, 4) is 11.4 Å². The van der Waals surface area contributed by atoms with Crippen molar-refractivity contribution in [2.24, 2.45) is 0 Å². The van der Waals surface area contributed by atoms with Gasteiger partial charge in [-0.25, -0.2) is 0 Å². The van der Waals surface area contributed by atoms with Crippen molar-refractivity contribution in [3.05, 3.63) is 78.2 Å². The van der Waals surface area contributed by atoms with Gasteiger partial charge in [-0.1, -0.05) is 79.2 Å². The summed E-state index contributed by atoms with van der Waals surface area (Å²) in [6.07, 6.45) is 6.01. The second-order valence-electron chi connectivity index (χ2n) is 6.55. The average Bonchev–Trinajstić information content (AvgIpc) is 3.22. The first-order valence-corrected chi connectivity index (χ1v) is 9.66. The number of nitrogens with zero attached hydrogens (tertiary/aromatic N) is 3. The molecule has 0 saturated carbocycles. The van der Waals surface area contributed by atoms with Crippen LogP contribution in [0.4, 0.5) is 0 Å². The predicted octanol–water partition coefficient (Wildman–Crippen LogP) is 4.62. The largest absolute Gasteiger partial charge is 0.339 e. The molecular formula is C23H25N3O2. The van der Waals surface area contributed by atoms with E-state index < -0.39 is 0 Å². The summed E-state index contributed by atoms with van der Waals surface area (Å²) in [5, 5.41) is 4.04. The molecule has 1 aromatic heterocycles. The van der Waals surface area contributed by atoms with Crippen LogP contribution in [0.1, 0.15) is 31.2 Å². The van der Waals surface area contributed by atoms with Crippen molar-refractivity contribution in [2.75, 3.05) is 13.1 Å². The molecule has 0 spiro atoms. The van der Waals surface area contributed by atoms with Crippen LogP contribution in [-0.4, -0.2) is 34.0 Å². The molecule has 3 aromatic rings. The van der Waals surface area contributed by atoms with Gasteiger partial charge >= 0.3 is 0 Å². The molecule has 0 unspecified atom stereocenters. The zero-order valence-electron chi connectivity index (χ0n) is 16.1. The fraction of sp³-hybridized carbons (Fsp3) is 0.261. The Morgan fingerprint density at radius 1 is 1.04 bits per heavy atom. The first-order valence-electron chi connectivity index (χ1n) is 9.66. The van der Waals surface area contributed by atoms with E-state index in [1.165, 1.54) is 0 Å². The third kappa shape index (κ3) is 5.64. The van der Waals surface area contributed by atoms with E-state index in [0.29, 0.717) is 31.2 Å². The van der Waals surface area contributed by atoms with E-state index in [2.05, 4.69) is 17.1 Å². The molecule has 0 aliphatic heterocycles. The molecule has 5 nitrogen and oxygen atoms in total. The van der Waals surface area contributed by atoms with Crippen molar-refractivity contribution in [3.63, 3.8) is 0 Å². The van der Waals surface area contributed by atoms with Gasteiger partial charge in [-0.3, -0.25) is 4.79 Å². The minimum Gasteiger partial charge on any atom is -0.339 e. The summed E-state index contributed by atoms with van der Waals surface area (Å²) in [7, 11) is 0. The van der Waals surface area contributed by atoms with Gasteiger partial charge in [-0.2, -0.15) is 4.98 Å². The molecule has 1 heterocycles. The number of rotatable bonds is 9. The smallest absolute Gasteiger partial charge is 0.246 e. The summed E-state index contributed by atoms with van der Waals surface area (Å²) in [4.78, 5) is 18.9. The van der Waals surface area contributed by atoms with Crippen LogP contribution in [-0.2, 0) is 11.2 Å². The van der Waals surface area contributed by atoms with Gasteiger partial charge in [-0.05, 0) is 18.1 Å². The first-order chi connectivity index (χ1) is 13.8. The third-order valence-electron chi connectivity index (χ3n) is 4.41. The summed E-state index contributed by atoms with van der Waals surface area (Å²) < 4.78 is 5.37. The molecule has 2 aromatic carbocycles. The molecule has 3 rings (SSSR count). The number of unbranched alkanes of at least 4 members (excludes halogenated alkanes) is 1. The van der Waals surface area contributed by atoms with Crippen molar-refractivity contribution in [1.29, 1.82) is 0 Å². The lowest BCUT2D eigenvalue weighted by Gasteiger charge is -2.20. The van der Waals surface area contributed by atoms with Gasteiger partial charge in [0.2, 0.25) is 17.6 Å². The van der Waals surface area contributed by atoms with Crippen molar-refractivity contribution < 1.29 is 9.32 Å². The van der Waals surface area contributed by atoms with E-state index in [0.717, 1.165) is 24.0 Å². The Labute approximate surface area is 165 Å². The standard InChI is InChI=1S/C23H25N3O2/c1-2-3-17-26(22(27)15-14-19-10-6-4-7-11-19)18-16-21-24-23(25-28-21)20-12-8-5-9-13-20/h4-15H,2-3,16-18H2,1H3/b15-14+. The zero-order valence-corrected chi connectivity index (χ0v) is 16.1. The first kappa shape index (κ1) is 19.5. The van der Waals surface area contributed by atoms with E-state index in [-0.39, 0.29) is 5.91 Å². The maximum absolute atomic E-state index is 12.6. The van der Waals surface area contributed by atoms with Crippen molar-refractivity contribution in [1.82, 2.24) is 15.0 Å². The van der Waals surface area contributed by atoms with E-state index >= 15 is 0 Å². The van der Waals surface area contributed by atoms with Crippen LogP contribution in [0.25, 0.3) is 17.5 Å². The Hall–Kier alpha value is -3.21. The van der Waals surface area contributed by atoms with Gasteiger partial charge in [0.25, 0.3) is 0 Å². The van der Waals surface area contributed by atoms with Crippen molar-refractivity contribution >= 4 is 12.0 Å². The van der Waals surface area contributed by atoms with Gasteiger partial charge in [0.1, 0.15) is 0 Å². The normalized spacial score (nSPS) is 11.0. The van der Waals surface area contributed by atoms with Crippen LogP contribution in [0.5, 0.6) is 0 Å². The second kappa shape index (κ2) is 10.2. The highest BCUT2D eigenvalue weighted by Crippen LogP contribution is 2.15. The maximum atomic E-state index is 12.6. The van der Waals surface area contributed by atoms with E-state index in [1.807, 2.05) is 71.6 Å². The summed E-state index contributed by atoms with van der Waals surface area (Å²) in [6.45, 7) is 3.38. The molecule has 0 N–H and O–H groups in total. The molecule has 0 atom stereocenters.